The van der Waals surface area contributed by atoms with E-state index in [4.69, 9.17) is 9.47 Å². The Morgan fingerprint density at radius 2 is 2.50 bits per heavy atom. The molecule has 2 rings (SSSR count). The lowest BCUT2D eigenvalue weighted by Gasteiger charge is -2.06. The van der Waals surface area contributed by atoms with Crippen LogP contribution in [0.25, 0.3) is 0 Å². The topological polar surface area (TPSA) is 60.5 Å². The average molecular weight is 194 g/mol. The Bertz CT molecular complexity index is 336. The molecular weight excluding hydrogens is 184 g/mol. The number of nitrogens with one attached hydrogen (secondary N) is 1. The Kier molecular flexibility index (Phi) is 2.22. The first-order chi connectivity index (χ1) is 6.79. The van der Waals surface area contributed by atoms with Crippen molar-refractivity contribution in [3.63, 3.8) is 0 Å². The molecule has 1 aromatic heterocycles. The zero-order chi connectivity index (χ0) is 9.97. The molecule has 14 heavy (non-hydrogen) atoms. The van der Waals surface area contributed by atoms with E-state index in [1.165, 1.54) is 0 Å². The molecule has 0 aliphatic carbocycles. The van der Waals surface area contributed by atoms with Crippen LogP contribution in [0.1, 0.15) is 11.8 Å². The van der Waals surface area contributed by atoms with Crippen molar-refractivity contribution in [1.29, 1.82) is 0 Å². The zero-order valence-corrected chi connectivity index (χ0v) is 7.69. The van der Waals surface area contributed by atoms with Crippen LogP contribution < -0.4 is 10.1 Å². The SMILES string of the molecule is COc1ccc(C2CNC(=O)O2)nc1. The number of cyclic esters (lactones) is 1. The smallest absolute Gasteiger partial charge is 0.408 e. The van der Waals surface area contributed by atoms with Gasteiger partial charge in [0.15, 0.2) is 6.10 Å². The maximum Gasteiger partial charge on any atom is 0.408 e. The molecule has 1 atom stereocenters. The van der Waals surface area contributed by atoms with Gasteiger partial charge in [-0.3, -0.25) is 4.98 Å². The molecular formula is C9H10N2O3. The number of amides is 1. The van der Waals surface area contributed by atoms with Gasteiger partial charge in [-0.15, -0.1) is 0 Å². The summed E-state index contributed by atoms with van der Waals surface area (Å²) in [4.78, 5) is 14.9. The molecule has 1 N–H and O–H groups in total. The van der Waals surface area contributed by atoms with Gasteiger partial charge >= 0.3 is 6.09 Å². The summed E-state index contributed by atoms with van der Waals surface area (Å²) in [6, 6.07) is 3.57. The molecule has 0 aromatic carbocycles. The van der Waals surface area contributed by atoms with Crippen molar-refractivity contribution in [2.45, 2.75) is 6.10 Å². The fourth-order valence-corrected chi connectivity index (χ4v) is 1.26. The van der Waals surface area contributed by atoms with Crippen molar-refractivity contribution >= 4 is 6.09 Å². The van der Waals surface area contributed by atoms with E-state index in [0.29, 0.717) is 12.3 Å². The minimum Gasteiger partial charge on any atom is -0.495 e. The van der Waals surface area contributed by atoms with E-state index >= 15 is 0 Å². The van der Waals surface area contributed by atoms with E-state index in [1.54, 1.807) is 25.4 Å². The summed E-state index contributed by atoms with van der Waals surface area (Å²) in [6.45, 7) is 0.470. The first kappa shape index (κ1) is 8.80. The summed E-state index contributed by atoms with van der Waals surface area (Å²) in [5, 5.41) is 2.56. The summed E-state index contributed by atoms with van der Waals surface area (Å²) in [7, 11) is 1.58. The van der Waals surface area contributed by atoms with Crippen LogP contribution in [-0.2, 0) is 4.74 Å². The number of carbonyl (C=O) groups excluding carboxylic acids is 1. The second-order valence-electron chi connectivity index (χ2n) is 2.90. The standard InChI is InChI=1S/C9H10N2O3/c1-13-6-2-3-7(10-4-6)8-5-11-9(12)14-8/h2-4,8H,5H2,1H3,(H,11,12). The van der Waals surface area contributed by atoms with E-state index in [9.17, 15) is 4.79 Å². The largest absolute Gasteiger partial charge is 0.495 e. The molecule has 0 spiro atoms. The second kappa shape index (κ2) is 3.53. The molecule has 1 amide bonds. The highest BCUT2D eigenvalue weighted by Crippen LogP contribution is 2.20. The van der Waals surface area contributed by atoms with Gasteiger partial charge in [-0.25, -0.2) is 4.79 Å². The second-order valence-corrected chi connectivity index (χ2v) is 2.90. The Hall–Kier alpha value is -1.78. The van der Waals surface area contributed by atoms with Crippen molar-refractivity contribution in [3.8, 4) is 5.75 Å². The van der Waals surface area contributed by atoms with Crippen LogP contribution in [0.15, 0.2) is 18.3 Å². The predicted octanol–water partition coefficient (Wildman–Crippen LogP) is 0.871. The number of rotatable bonds is 2. The van der Waals surface area contributed by atoms with Gasteiger partial charge in [0.1, 0.15) is 5.75 Å². The molecule has 0 bridgehead atoms. The lowest BCUT2D eigenvalue weighted by atomic mass is 10.2. The fraction of sp³-hybridized carbons (Fsp3) is 0.333. The molecule has 1 aliphatic heterocycles. The van der Waals surface area contributed by atoms with E-state index < -0.39 is 6.09 Å². The monoisotopic (exact) mass is 194 g/mol. The number of methoxy groups -OCH3 is 1. The maximum atomic E-state index is 10.8. The molecule has 2 heterocycles. The molecule has 1 aliphatic rings. The Labute approximate surface area is 81.0 Å². The van der Waals surface area contributed by atoms with Gasteiger partial charge in [0.2, 0.25) is 0 Å². The third kappa shape index (κ3) is 1.61. The minimum atomic E-state index is -0.396. The molecule has 1 fully saturated rings. The third-order valence-corrected chi connectivity index (χ3v) is 2.01. The first-order valence-electron chi connectivity index (χ1n) is 4.24. The summed E-state index contributed by atoms with van der Waals surface area (Å²) < 4.78 is 9.93. The van der Waals surface area contributed by atoms with E-state index in [0.717, 1.165) is 5.69 Å². The Morgan fingerprint density at radius 3 is 3.00 bits per heavy atom. The molecule has 74 valence electrons. The Balaban J connectivity index is 2.13. The van der Waals surface area contributed by atoms with Gasteiger partial charge in [0.25, 0.3) is 0 Å². The van der Waals surface area contributed by atoms with E-state index in [2.05, 4.69) is 10.3 Å². The van der Waals surface area contributed by atoms with Crippen molar-refractivity contribution in [2.24, 2.45) is 0 Å². The van der Waals surface area contributed by atoms with Crippen molar-refractivity contribution in [3.05, 3.63) is 24.0 Å². The third-order valence-electron chi connectivity index (χ3n) is 2.01. The van der Waals surface area contributed by atoms with Gasteiger partial charge in [-0.05, 0) is 12.1 Å². The van der Waals surface area contributed by atoms with E-state index in [-0.39, 0.29) is 6.10 Å². The predicted molar refractivity (Wildman–Crippen MR) is 48.0 cm³/mol. The van der Waals surface area contributed by atoms with Gasteiger partial charge in [0, 0.05) is 0 Å². The average Bonchev–Trinajstić information content (AvgIpc) is 2.65. The zero-order valence-electron chi connectivity index (χ0n) is 7.69. The van der Waals surface area contributed by atoms with Crippen LogP contribution in [0, 0.1) is 0 Å². The number of carbonyl (C=O) groups is 1. The van der Waals surface area contributed by atoms with Crippen molar-refractivity contribution in [2.75, 3.05) is 13.7 Å². The summed E-state index contributed by atoms with van der Waals surface area (Å²) in [5.74, 6) is 0.686. The quantitative estimate of drug-likeness (QED) is 0.758. The number of ether oxygens (including phenoxy) is 2. The summed E-state index contributed by atoms with van der Waals surface area (Å²) >= 11 is 0. The number of nitrogens with zero attached hydrogens (tertiary/aromatic N) is 1. The van der Waals surface area contributed by atoms with Crippen molar-refractivity contribution in [1.82, 2.24) is 10.3 Å². The molecule has 5 nitrogen and oxygen atoms in total. The highest BCUT2D eigenvalue weighted by molar-refractivity contribution is 5.69. The van der Waals surface area contributed by atoms with Crippen LogP contribution in [-0.4, -0.2) is 24.7 Å². The summed E-state index contributed by atoms with van der Waals surface area (Å²) in [6.07, 6.45) is 0.919. The number of aromatic nitrogens is 1. The summed E-state index contributed by atoms with van der Waals surface area (Å²) in [5.41, 5.74) is 0.726. The molecule has 0 radical (unpaired) electrons. The fourth-order valence-electron chi connectivity index (χ4n) is 1.26. The maximum absolute atomic E-state index is 10.8. The van der Waals surface area contributed by atoms with Crippen molar-refractivity contribution < 1.29 is 14.3 Å². The minimum absolute atomic E-state index is 0.284. The van der Waals surface area contributed by atoms with Crippen LogP contribution in [0.2, 0.25) is 0 Å². The molecule has 5 heteroatoms. The van der Waals surface area contributed by atoms with Gasteiger partial charge in [0.05, 0.1) is 25.5 Å². The van der Waals surface area contributed by atoms with Crippen LogP contribution in [0.3, 0.4) is 0 Å². The van der Waals surface area contributed by atoms with Gasteiger partial charge in [-0.2, -0.15) is 0 Å². The normalized spacial score (nSPS) is 20.1. The van der Waals surface area contributed by atoms with E-state index in [1.807, 2.05) is 0 Å². The molecule has 1 unspecified atom stereocenters. The lowest BCUT2D eigenvalue weighted by Crippen LogP contribution is -2.12. The van der Waals surface area contributed by atoms with Gasteiger partial charge in [-0.1, -0.05) is 0 Å². The first-order valence-corrected chi connectivity index (χ1v) is 4.24. The number of alkyl carbamates (subject to hydrolysis) is 1. The lowest BCUT2D eigenvalue weighted by molar-refractivity contribution is 0.139. The highest BCUT2D eigenvalue weighted by Gasteiger charge is 2.24. The highest BCUT2D eigenvalue weighted by atomic mass is 16.6. The molecule has 1 saturated heterocycles. The number of hydrogen-bond donors (Lipinski definition) is 1. The van der Waals surface area contributed by atoms with Gasteiger partial charge < -0.3 is 14.8 Å². The van der Waals surface area contributed by atoms with Crippen LogP contribution in [0.5, 0.6) is 5.75 Å². The van der Waals surface area contributed by atoms with Crippen LogP contribution in [0.4, 0.5) is 4.79 Å². The number of hydrogen-bond acceptors (Lipinski definition) is 4. The molecule has 1 aromatic rings. The number of pyridine rings is 1. The van der Waals surface area contributed by atoms with Crippen LogP contribution >= 0.6 is 0 Å². The molecule has 0 saturated carbocycles. The Morgan fingerprint density at radius 1 is 1.64 bits per heavy atom.